The molecule has 1 aromatic rings. The fraction of sp³-hybridized carbons (Fsp3) is 0.579. The van der Waals surface area contributed by atoms with E-state index in [1.807, 2.05) is 19.1 Å². The van der Waals surface area contributed by atoms with Gasteiger partial charge in [-0.3, -0.25) is 0 Å². The van der Waals surface area contributed by atoms with Gasteiger partial charge < -0.3 is 18.9 Å². The largest absolute Gasteiger partial charge is 0.480 e. The first-order valence-corrected chi connectivity index (χ1v) is 9.56. The summed E-state index contributed by atoms with van der Waals surface area (Å²) in [5, 5.41) is 0. The third-order valence-corrected chi connectivity index (χ3v) is 5.52. The van der Waals surface area contributed by atoms with Crippen LogP contribution in [0.5, 0.6) is 5.75 Å². The standard InChI is InChI=1S/C19H23BrO4/c1-2-21-18(23-17-7-3-4-11-22-17)19-10-5-6-15(19)14-12-13(20)8-9-16(14)24-19/h5-6,8-9,12,15,17-18H,2-4,7,10-11H2,1H3/t15-,17?,18?,19+/m0/s1. The second kappa shape index (κ2) is 6.79. The zero-order chi connectivity index (χ0) is 16.6. The Hall–Kier alpha value is -0.880. The molecule has 5 heteroatoms. The van der Waals surface area contributed by atoms with E-state index in [-0.39, 0.29) is 12.2 Å². The van der Waals surface area contributed by atoms with Crippen molar-refractivity contribution in [1.82, 2.24) is 0 Å². The predicted molar refractivity (Wildman–Crippen MR) is 94.1 cm³/mol. The van der Waals surface area contributed by atoms with Crippen molar-refractivity contribution >= 4 is 15.9 Å². The fourth-order valence-corrected chi connectivity index (χ4v) is 4.28. The molecule has 2 heterocycles. The maximum absolute atomic E-state index is 6.44. The number of hydrogen-bond donors (Lipinski definition) is 0. The summed E-state index contributed by atoms with van der Waals surface area (Å²) in [4.78, 5) is 0. The molecule has 1 aromatic carbocycles. The van der Waals surface area contributed by atoms with Gasteiger partial charge in [-0.15, -0.1) is 0 Å². The maximum atomic E-state index is 6.44. The number of halogens is 1. The summed E-state index contributed by atoms with van der Waals surface area (Å²) < 4.78 is 25.5. The normalized spacial score (nSPS) is 32.2. The minimum atomic E-state index is -0.528. The van der Waals surface area contributed by atoms with Crippen molar-refractivity contribution in [2.75, 3.05) is 13.2 Å². The lowest BCUT2D eigenvalue weighted by molar-refractivity contribution is -0.297. The van der Waals surface area contributed by atoms with E-state index in [4.69, 9.17) is 18.9 Å². The lowest BCUT2D eigenvalue weighted by Crippen LogP contribution is -2.51. The molecule has 0 aromatic heterocycles. The zero-order valence-corrected chi connectivity index (χ0v) is 15.5. The molecule has 24 heavy (non-hydrogen) atoms. The van der Waals surface area contributed by atoms with E-state index >= 15 is 0 Å². The lowest BCUT2D eigenvalue weighted by Gasteiger charge is -2.38. The van der Waals surface area contributed by atoms with Gasteiger partial charge in [0.15, 0.2) is 11.9 Å². The van der Waals surface area contributed by atoms with Gasteiger partial charge in [-0.2, -0.15) is 0 Å². The summed E-state index contributed by atoms with van der Waals surface area (Å²) in [6, 6.07) is 6.17. The van der Waals surface area contributed by atoms with E-state index in [1.165, 1.54) is 5.56 Å². The molecule has 2 unspecified atom stereocenters. The third-order valence-electron chi connectivity index (χ3n) is 5.03. The van der Waals surface area contributed by atoms with Crippen LogP contribution in [0.3, 0.4) is 0 Å². The molecule has 2 aliphatic heterocycles. The van der Waals surface area contributed by atoms with Crippen molar-refractivity contribution in [1.29, 1.82) is 0 Å². The van der Waals surface area contributed by atoms with Gasteiger partial charge >= 0.3 is 0 Å². The number of ether oxygens (including phenoxy) is 4. The monoisotopic (exact) mass is 394 g/mol. The molecule has 130 valence electrons. The molecular formula is C19H23BrO4. The molecule has 4 nitrogen and oxygen atoms in total. The van der Waals surface area contributed by atoms with Crippen molar-refractivity contribution in [3.8, 4) is 5.75 Å². The minimum Gasteiger partial charge on any atom is -0.480 e. The van der Waals surface area contributed by atoms with E-state index in [0.29, 0.717) is 6.61 Å². The van der Waals surface area contributed by atoms with Gasteiger partial charge in [0, 0.05) is 29.7 Å². The Morgan fingerprint density at radius 2 is 2.29 bits per heavy atom. The van der Waals surface area contributed by atoms with Crippen LogP contribution in [0.4, 0.5) is 0 Å². The van der Waals surface area contributed by atoms with Crippen molar-refractivity contribution < 1.29 is 18.9 Å². The number of fused-ring (bicyclic) bond motifs is 3. The van der Waals surface area contributed by atoms with E-state index in [9.17, 15) is 0 Å². The molecule has 0 radical (unpaired) electrons. The van der Waals surface area contributed by atoms with E-state index < -0.39 is 11.9 Å². The van der Waals surface area contributed by atoms with Crippen LogP contribution in [0.25, 0.3) is 0 Å². The van der Waals surface area contributed by atoms with E-state index in [0.717, 1.165) is 42.5 Å². The Balaban J connectivity index is 1.62. The van der Waals surface area contributed by atoms with E-state index in [2.05, 4.69) is 34.1 Å². The van der Waals surface area contributed by atoms with Gasteiger partial charge in [-0.1, -0.05) is 28.1 Å². The van der Waals surface area contributed by atoms with Crippen LogP contribution in [-0.4, -0.2) is 31.4 Å². The highest BCUT2D eigenvalue weighted by Crippen LogP contribution is 2.53. The van der Waals surface area contributed by atoms with Gasteiger partial charge in [0.1, 0.15) is 5.75 Å². The van der Waals surface area contributed by atoms with Crippen LogP contribution in [-0.2, 0) is 14.2 Å². The topological polar surface area (TPSA) is 36.9 Å². The van der Waals surface area contributed by atoms with Crippen molar-refractivity contribution in [3.05, 3.63) is 40.4 Å². The molecule has 0 amide bonds. The van der Waals surface area contributed by atoms with Crippen molar-refractivity contribution in [2.45, 2.75) is 56.7 Å². The fourth-order valence-electron chi connectivity index (χ4n) is 3.90. The Kier molecular flexibility index (Phi) is 4.69. The van der Waals surface area contributed by atoms with Crippen LogP contribution in [0.15, 0.2) is 34.8 Å². The van der Waals surface area contributed by atoms with Crippen LogP contribution >= 0.6 is 15.9 Å². The predicted octanol–water partition coefficient (Wildman–Crippen LogP) is 4.53. The van der Waals surface area contributed by atoms with Gasteiger partial charge in [0.05, 0.1) is 5.92 Å². The summed E-state index contributed by atoms with van der Waals surface area (Å²) in [5.41, 5.74) is 0.663. The summed E-state index contributed by atoms with van der Waals surface area (Å²) in [7, 11) is 0. The molecule has 1 aliphatic carbocycles. The second-order valence-electron chi connectivity index (χ2n) is 6.57. The highest BCUT2D eigenvalue weighted by Gasteiger charge is 2.56. The Morgan fingerprint density at radius 3 is 3.08 bits per heavy atom. The molecule has 1 saturated heterocycles. The van der Waals surface area contributed by atoms with Crippen LogP contribution < -0.4 is 4.74 Å². The minimum absolute atomic E-state index is 0.144. The van der Waals surface area contributed by atoms with Crippen LogP contribution in [0, 0.1) is 0 Å². The summed E-state index contributed by atoms with van der Waals surface area (Å²) in [6.07, 6.45) is 7.66. The smallest absolute Gasteiger partial charge is 0.201 e. The molecule has 0 spiro atoms. The van der Waals surface area contributed by atoms with Gasteiger partial charge in [0.25, 0.3) is 0 Å². The maximum Gasteiger partial charge on any atom is 0.201 e. The van der Waals surface area contributed by atoms with Crippen molar-refractivity contribution in [3.63, 3.8) is 0 Å². The van der Waals surface area contributed by atoms with Gasteiger partial charge in [-0.05, 0) is 44.4 Å². The SMILES string of the molecule is CCOC(OC1CCCCO1)[C@@]12CC=C[C@H]1c1cc(Br)ccc1O2. The first-order chi connectivity index (χ1) is 11.7. The second-order valence-corrected chi connectivity index (χ2v) is 7.48. The average Bonchev–Trinajstić information content (AvgIpc) is 3.13. The Bertz CT molecular complexity index is 626. The molecule has 4 atom stereocenters. The number of hydrogen-bond acceptors (Lipinski definition) is 4. The molecule has 0 saturated carbocycles. The first kappa shape index (κ1) is 16.6. The Morgan fingerprint density at radius 1 is 1.38 bits per heavy atom. The lowest BCUT2D eigenvalue weighted by atomic mass is 9.86. The first-order valence-electron chi connectivity index (χ1n) is 8.77. The summed E-state index contributed by atoms with van der Waals surface area (Å²) >= 11 is 3.56. The highest BCUT2D eigenvalue weighted by molar-refractivity contribution is 9.10. The third kappa shape index (κ3) is 2.81. The van der Waals surface area contributed by atoms with Crippen molar-refractivity contribution in [2.24, 2.45) is 0 Å². The van der Waals surface area contributed by atoms with Gasteiger partial charge in [-0.25, -0.2) is 0 Å². The quantitative estimate of drug-likeness (QED) is 0.542. The number of benzene rings is 1. The molecule has 0 bridgehead atoms. The average molecular weight is 395 g/mol. The zero-order valence-electron chi connectivity index (χ0n) is 13.9. The molecule has 1 fully saturated rings. The number of rotatable bonds is 5. The van der Waals surface area contributed by atoms with E-state index in [1.54, 1.807) is 0 Å². The highest BCUT2D eigenvalue weighted by atomic mass is 79.9. The summed E-state index contributed by atoms with van der Waals surface area (Å²) in [6.45, 7) is 3.33. The molecule has 0 N–H and O–H groups in total. The molecular weight excluding hydrogens is 372 g/mol. The Labute approximate surface area is 151 Å². The van der Waals surface area contributed by atoms with Crippen LogP contribution in [0.1, 0.15) is 44.1 Å². The van der Waals surface area contributed by atoms with Crippen LogP contribution in [0.2, 0.25) is 0 Å². The summed E-state index contributed by atoms with van der Waals surface area (Å²) in [5.74, 6) is 1.07. The molecule has 4 rings (SSSR count). The van der Waals surface area contributed by atoms with Gasteiger partial charge in [0.2, 0.25) is 6.29 Å². The molecule has 3 aliphatic rings.